The molecule has 9 rings (SSSR count). The number of rotatable bonds is 14. The van der Waals surface area contributed by atoms with Crippen LogP contribution in [0.3, 0.4) is 0 Å². The van der Waals surface area contributed by atoms with Crippen molar-refractivity contribution in [3.05, 3.63) is 147 Å². The number of piperidine rings is 2. The van der Waals surface area contributed by atoms with Gasteiger partial charge < -0.3 is 39.8 Å². The lowest BCUT2D eigenvalue weighted by Gasteiger charge is -2.37. The van der Waals surface area contributed by atoms with Gasteiger partial charge in [-0.05, 0) is 105 Å². The minimum atomic E-state index is -1.29. The molecular weight excluding hydrogens is 881 g/mol. The van der Waals surface area contributed by atoms with Crippen LogP contribution in [0.15, 0.2) is 102 Å². The molecule has 16 heteroatoms. The van der Waals surface area contributed by atoms with E-state index >= 15 is 8.78 Å². The maximum atomic E-state index is 15.2. The zero-order valence-corrected chi connectivity index (χ0v) is 39.4. The zero-order valence-electron chi connectivity index (χ0n) is 39.4. The second-order valence-corrected chi connectivity index (χ2v) is 19.1. The number of aromatic amines is 1. The maximum absolute atomic E-state index is 15.2. The Morgan fingerprint density at radius 3 is 2.32 bits per heavy atom. The van der Waals surface area contributed by atoms with Crippen molar-refractivity contribution >= 4 is 28.7 Å². The molecule has 3 saturated heterocycles. The van der Waals surface area contributed by atoms with E-state index in [4.69, 9.17) is 4.74 Å². The Morgan fingerprint density at radius 1 is 0.899 bits per heavy atom. The van der Waals surface area contributed by atoms with Gasteiger partial charge in [-0.2, -0.15) is 0 Å². The van der Waals surface area contributed by atoms with Crippen LogP contribution in [-0.2, 0) is 30.0 Å². The molecule has 0 unspecified atom stereocenters. The number of aromatic nitrogens is 4. The standard InChI is InChI=1S/C53H59F2N9O5/c1-33-13-23-64(52(67)58-33)31-37-6-5-18-63(51(37)66)25-24-61-19-14-40(15-20-61)69-41-16-21-62(22-17-41)30-35-7-9-36(10-8-35)47-29-44-48(56-32-57-49(44)59-47)43-27-39(54)28-46(34(43)2)60-50(65)42-12-11-38(26-45(42)55)53(3,4)68/h5-12,18,26-29,32,40-41,68H,1,13-17,19-25,30-31H2,2-4H3,(H,58,67)(H,60,65)(H,56,57,59). The molecule has 3 aromatic carbocycles. The Morgan fingerprint density at radius 2 is 1.62 bits per heavy atom. The summed E-state index contributed by atoms with van der Waals surface area (Å²) in [6.07, 6.45) is 8.30. The summed E-state index contributed by atoms with van der Waals surface area (Å²) >= 11 is 0. The van der Waals surface area contributed by atoms with E-state index in [1.807, 2.05) is 18.3 Å². The second-order valence-electron chi connectivity index (χ2n) is 19.1. The lowest BCUT2D eigenvalue weighted by Crippen LogP contribution is -2.45. The Bertz CT molecular complexity index is 2930. The molecule has 6 heterocycles. The minimum Gasteiger partial charge on any atom is -0.386 e. The maximum Gasteiger partial charge on any atom is 0.321 e. The normalized spacial score (nSPS) is 16.9. The van der Waals surface area contributed by atoms with Crippen LogP contribution in [-0.4, -0.2) is 103 Å². The number of nitrogens with one attached hydrogen (secondary N) is 3. The molecule has 0 atom stereocenters. The van der Waals surface area contributed by atoms with E-state index in [1.165, 1.54) is 50.0 Å². The molecule has 4 N–H and O–H groups in total. The van der Waals surface area contributed by atoms with E-state index < -0.39 is 23.1 Å². The average Bonchev–Trinajstić information content (AvgIpc) is 3.77. The van der Waals surface area contributed by atoms with Gasteiger partial charge in [0.2, 0.25) is 0 Å². The van der Waals surface area contributed by atoms with Gasteiger partial charge in [-0.3, -0.25) is 14.5 Å². The first-order valence-electron chi connectivity index (χ1n) is 23.7. The van der Waals surface area contributed by atoms with E-state index in [9.17, 15) is 19.5 Å². The van der Waals surface area contributed by atoms with E-state index in [1.54, 1.807) is 22.5 Å². The number of likely N-dealkylation sites (tertiary alicyclic amines) is 2. The van der Waals surface area contributed by atoms with Gasteiger partial charge in [0.1, 0.15) is 23.6 Å². The molecule has 0 aliphatic carbocycles. The number of urea groups is 1. The summed E-state index contributed by atoms with van der Waals surface area (Å²) in [5.74, 6) is -2.15. The lowest BCUT2D eigenvalue weighted by molar-refractivity contribution is -0.0658. The van der Waals surface area contributed by atoms with Gasteiger partial charge in [0.15, 0.2) is 0 Å². The molecule has 14 nitrogen and oxygen atoms in total. The number of anilines is 1. The summed E-state index contributed by atoms with van der Waals surface area (Å²) in [4.78, 5) is 57.7. The number of hydrogen-bond donors (Lipinski definition) is 4. The highest BCUT2D eigenvalue weighted by atomic mass is 19.1. The van der Waals surface area contributed by atoms with Crippen LogP contribution in [0.1, 0.15) is 78.6 Å². The Balaban J connectivity index is 0.749. The van der Waals surface area contributed by atoms with Gasteiger partial charge in [-0.25, -0.2) is 23.5 Å². The third-order valence-electron chi connectivity index (χ3n) is 13.7. The van der Waals surface area contributed by atoms with Crippen molar-refractivity contribution in [3.63, 3.8) is 0 Å². The molecule has 360 valence electrons. The predicted octanol–water partition coefficient (Wildman–Crippen LogP) is 8.09. The van der Waals surface area contributed by atoms with Crippen LogP contribution in [0.2, 0.25) is 0 Å². The molecule has 0 saturated carbocycles. The number of carbonyl (C=O) groups is 2. The van der Waals surface area contributed by atoms with Crippen molar-refractivity contribution in [1.82, 2.24) is 39.5 Å². The van der Waals surface area contributed by atoms with Crippen LogP contribution >= 0.6 is 0 Å². The third kappa shape index (κ3) is 11.0. The number of carbonyl (C=O) groups excluding carboxylic acids is 2. The number of pyridine rings is 1. The molecule has 3 fully saturated rings. The van der Waals surface area contributed by atoms with Crippen LogP contribution in [0.4, 0.5) is 19.3 Å². The zero-order chi connectivity index (χ0) is 48.4. The molecule has 3 aromatic heterocycles. The Labute approximate surface area is 400 Å². The first-order valence-corrected chi connectivity index (χ1v) is 23.7. The fourth-order valence-electron chi connectivity index (χ4n) is 9.58. The fourth-order valence-corrected chi connectivity index (χ4v) is 9.58. The van der Waals surface area contributed by atoms with E-state index in [2.05, 4.69) is 66.2 Å². The molecule has 69 heavy (non-hydrogen) atoms. The summed E-state index contributed by atoms with van der Waals surface area (Å²) in [5.41, 5.74) is 5.28. The van der Waals surface area contributed by atoms with Crippen molar-refractivity contribution in [2.24, 2.45) is 0 Å². The number of H-pyrrole nitrogens is 1. The molecule has 0 spiro atoms. The van der Waals surface area contributed by atoms with Crippen molar-refractivity contribution < 1.29 is 28.2 Å². The summed E-state index contributed by atoms with van der Waals surface area (Å²) in [5, 5.41) is 16.4. The second kappa shape index (κ2) is 20.2. The fraction of sp³-hybridized carbons (Fsp3) is 0.377. The monoisotopic (exact) mass is 939 g/mol. The molecule has 3 aliphatic rings. The summed E-state index contributed by atoms with van der Waals surface area (Å²) in [6.45, 7) is 15.5. The van der Waals surface area contributed by atoms with Gasteiger partial charge in [-0.1, -0.05) is 43.0 Å². The number of fused-ring (bicyclic) bond motifs is 1. The first kappa shape index (κ1) is 47.5. The van der Waals surface area contributed by atoms with Gasteiger partial charge in [0, 0.05) is 98.6 Å². The molecule has 3 aliphatic heterocycles. The van der Waals surface area contributed by atoms with Crippen molar-refractivity contribution in [2.45, 2.75) is 90.3 Å². The van der Waals surface area contributed by atoms with Crippen LogP contribution in [0.25, 0.3) is 33.5 Å². The highest BCUT2D eigenvalue weighted by molar-refractivity contribution is 6.06. The van der Waals surface area contributed by atoms with E-state index in [0.29, 0.717) is 64.2 Å². The van der Waals surface area contributed by atoms with E-state index in [0.717, 1.165) is 82.3 Å². The number of nitrogens with zero attached hydrogens (tertiary/aromatic N) is 6. The molecule has 0 radical (unpaired) electrons. The number of hydrogen-bond acceptors (Lipinski definition) is 9. The number of halogens is 2. The quantitative estimate of drug-likeness (QED) is 0.0847. The number of amides is 3. The lowest BCUT2D eigenvalue weighted by atomic mass is 9.96. The van der Waals surface area contributed by atoms with Gasteiger partial charge in [0.25, 0.3) is 11.5 Å². The first-order chi connectivity index (χ1) is 33.1. The molecule has 0 bridgehead atoms. The highest BCUT2D eigenvalue weighted by Crippen LogP contribution is 2.35. The average molecular weight is 940 g/mol. The number of aliphatic hydroxyl groups is 1. The number of benzene rings is 3. The van der Waals surface area contributed by atoms with Crippen molar-refractivity contribution in [1.29, 1.82) is 0 Å². The summed E-state index contributed by atoms with van der Waals surface area (Å²) in [7, 11) is 0. The van der Waals surface area contributed by atoms with E-state index in [-0.39, 0.29) is 41.6 Å². The summed E-state index contributed by atoms with van der Waals surface area (Å²) < 4.78 is 38.6. The van der Waals surface area contributed by atoms with Crippen LogP contribution in [0, 0.1) is 18.6 Å². The minimum absolute atomic E-state index is 0.0516. The molecular formula is C53H59F2N9O5. The van der Waals surface area contributed by atoms with Crippen LogP contribution in [0.5, 0.6) is 0 Å². The van der Waals surface area contributed by atoms with Crippen LogP contribution < -0.4 is 16.2 Å². The van der Waals surface area contributed by atoms with Gasteiger partial charge >= 0.3 is 6.03 Å². The van der Waals surface area contributed by atoms with Gasteiger partial charge in [-0.15, -0.1) is 0 Å². The number of ether oxygens (including phenoxy) is 1. The SMILES string of the molecule is C=C1CCN(Cc2cccn(CCN3CCC(OC4CCN(Cc5ccc(-c6cc7c(-c8cc(F)cc(NC(=O)c9ccc(C(C)(C)O)cc9F)c8C)ncnc7[nH]6)cc5)CC4)CC3)c2=O)C(=O)N1. The molecule has 6 aromatic rings. The summed E-state index contributed by atoms with van der Waals surface area (Å²) in [6, 6.07) is 20.3. The highest BCUT2D eigenvalue weighted by Gasteiger charge is 2.27. The molecule has 3 amide bonds. The topological polar surface area (TPSA) is 161 Å². The largest absolute Gasteiger partial charge is 0.386 e. The van der Waals surface area contributed by atoms with Crippen molar-refractivity contribution in [3.8, 4) is 22.5 Å². The third-order valence-corrected chi connectivity index (χ3v) is 13.7. The Hall–Kier alpha value is -6.59. The van der Waals surface area contributed by atoms with Crippen molar-refractivity contribution in [2.75, 3.05) is 44.6 Å². The Kier molecular flexibility index (Phi) is 13.9. The smallest absolute Gasteiger partial charge is 0.321 e. The predicted molar refractivity (Wildman–Crippen MR) is 261 cm³/mol. The van der Waals surface area contributed by atoms with Gasteiger partial charge in [0.05, 0.1) is 35.6 Å².